The smallest absolute Gasteiger partial charge is 0.226 e. The second-order valence-electron chi connectivity index (χ2n) is 7.51. The van der Waals surface area contributed by atoms with Gasteiger partial charge in [-0.05, 0) is 44.2 Å². The molecule has 0 amide bonds. The molecule has 2 aromatic heterocycles. The Morgan fingerprint density at radius 2 is 1.82 bits per heavy atom. The number of imidazole rings is 1. The van der Waals surface area contributed by atoms with E-state index in [-0.39, 0.29) is 0 Å². The Morgan fingerprint density at radius 1 is 1.07 bits per heavy atom. The second-order valence-corrected chi connectivity index (χ2v) is 7.51. The number of aromatic nitrogens is 4. The summed E-state index contributed by atoms with van der Waals surface area (Å²) in [6.07, 6.45) is 4.71. The Bertz CT molecular complexity index is 972. The average Bonchev–Trinajstić information content (AvgIpc) is 3.03. The number of benzene rings is 1. The summed E-state index contributed by atoms with van der Waals surface area (Å²) in [6.45, 7) is 2.82. The third-order valence-electron chi connectivity index (χ3n) is 5.53. The quantitative estimate of drug-likeness (QED) is 0.499. The zero-order valence-corrected chi connectivity index (χ0v) is 16.2. The standard InChI is InChI=1S/C20H28N8/c1-2-28-16(11-12-5-3-4-6-15(12)22)25-17-18(23)26-20(27-19(17)28)24-14-9-7-13(21)8-10-14/h3-6,13-14H,2,7-11,21-22H2,1H3,(H3,23,24,26,27). The number of hydrogen-bond donors (Lipinski definition) is 4. The van der Waals surface area contributed by atoms with Gasteiger partial charge in [-0.25, -0.2) is 4.98 Å². The van der Waals surface area contributed by atoms with Crippen LogP contribution in [0, 0.1) is 0 Å². The summed E-state index contributed by atoms with van der Waals surface area (Å²) in [5.74, 6) is 1.84. The van der Waals surface area contributed by atoms with Crippen molar-refractivity contribution in [1.82, 2.24) is 19.5 Å². The minimum absolute atomic E-state index is 0.307. The van der Waals surface area contributed by atoms with Gasteiger partial charge in [0.15, 0.2) is 17.0 Å². The van der Waals surface area contributed by atoms with Crippen LogP contribution in [0.1, 0.15) is 44.0 Å². The molecule has 1 fully saturated rings. The van der Waals surface area contributed by atoms with E-state index in [1.165, 1.54) is 0 Å². The summed E-state index contributed by atoms with van der Waals surface area (Å²) in [6, 6.07) is 8.47. The fourth-order valence-corrected chi connectivity index (χ4v) is 3.91. The Kier molecular flexibility index (Phi) is 5.04. The van der Waals surface area contributed by atoms with Crippen molar-refractivity contribution >= 4 is 28.6 Å². The molecule has 1 saturated carbocycles. The lowest BCUT2D eigenvalue weighted by Crippen LogP contribution is -2.33. The van der Waals surface area contributed by atoms with Crippen LogP contribution in [0.2, 0.25) is 0 Å². The van der Waals surface area contributed by atoms with Gasteiger partial charge in [0.2, 0.25) is 5.95 Å². The highest BCUT2D eigenvalue weighted by atomic mass is 15.2. The lowest BCUT2D eigenvalue weighted by Gasteiger charge is -2.26. The SMILES string of the molecule is CCn1c(Cc2ccccc2N)nc2c(N)nc(NC3CCC(N)CC3)nc21. The van der Waals surface area contributed by atoms with E-state index >= 15 is 0 Å². The van der Waals surface area contributed by atoms with Gasteiger partial charge in [-0.2, -0.15) is 9.97 Å². The summed E-state index contributed by atoms with van der Waals surface area (Å²) in [5, 5.41) is 3.43. The van der Waals surface area contributed by atoms with Crippen LogP contribution in [-0.2, 0) is 13.0 Å². The van der Waals surface area contributed by atoms with E-state index in [1.54, 1.807) is 0 Å². The Balaban J connectivity index is 1.66. The van der Waals surface area contributed by atoms with Crippen molar-refractivity contribution < 1.29 is 0 Å². The number of nitrogens with one attached hydrogen (secondary N) is 1. The number of anilines is 3. The number of nitrogen functional groups attached to an aromatic ring is 2. The molecule has 8 nitrogen and oxygen atoms in total. The normalized spacial score (nSPS) is 19.8. The predicted octanol–water partition coefficient (Wildman–Crippen LogP) is 2.28. The highest BCUT2D eigenvalue weighted by Crippen LogP contribution is 2.25. The van der Waals surface area contributed by atoms with Gasteiger partial charge in [-0.15, -0.1) is 0 Å². The molecule has 1 aliphatic rings. The summed E-state index contributed by atoms with van der Waals surface area (Å²) in [5.41, 5.74) is 21.5. The van der Waals surface area contributed by atoms with Crippen molar-refractivity contribution in [3.05, 3.63) is 35.7 Å². The molecule has 0 radical (unpaired) electrons. The molecule has 2 heterocycles. The van der Waals surface area contributed by atoms with Gasteiger partial charge in [-0.1, -0.05) is 18.2 Å². The van der Waals surface area contributed by atoms with Crippen LogP contribution in [0.25, 0.3) is 11.2 Å². The third kappa shape index (κ3) is 3.60. The molecule has 3 aromatic rings. The molecule has 0 bridgehead atoms. The van der Waals surface area contributed by atoms with Crippen LogP contribution in [0.15, 0.2) is 24.3 Å². The van der Waals surface area contributed by atoms with Crippen molar-refractivity contribution in [2.24, 2.45) is 5.73 Å². The molecule has 1 aromatic carbocycles. The predicted molar refractivity (Wildman–Crippen MR) is 113 cm³/mol. The van der Waals surface area contributed by atoms with Crippen LogP contribution in [0.4, 0.5) is 17.5 Å². The largest absolute Gasteiger partial charge is 0.398 e. The lowest BCUT2D eigenvalue weighted by molar-refractivity contribution is 0.410. The molecule has 1 aliphatic carbocycles. The van der Waals surface area contributed by atoms with Crippen LogP contribution < -0.4 is 22.5 Å². The molecule has 148 valence electrons. The van der Waals surface area contributed by atoms with E-state index < -0.39 is 0 Å². The number of fused-ring (bicyclic) bond motifs is 1. The number of hydrogen-bond acceptors (Lipinski definition) is 7. The number of nitrogens with zero attached hydrogens (tertiary/aromatic N) is 4. The Labute approximate surface area is 164 Å². The molecule has 0 unspecified atom stereocenters. The van der Waals surface area contributed by atoms with Gasteiger partial charge >= 0.3 is 0 Å². The minimum atomic E-state index is 0.307. The molecular formula is C20H28N8. The van der Waals surface area contributed by atoms with Crippen LogP contribution in [0.3, 0.4) is 0 Å². The molecular weight excluding hydrogens is 352 g/mol. The topological polar surface area (TPSA) is 134 Å². The van der Waals surface area contributed by atoms with Crippen molar-refractivity contribution in [1.29, 1.82) is 0 Å². The van der Waals surface area contributed by atoms with Gasteiger partial charge in [0, 0.05) is 30.7 Å². The monoisotopic (exact) mass is 380 g/mol. The summed E-state index contributed by atoms with van der Waals surface area (Å²) < 4.78 is 2.09. The van der Waals surface area contributed by atoms with Crippen LogP contribution in [-0.4, -0.2) is 31.6 Å². The zero-order chi connectivity index (χ0) is 19.7. The maximum absolute atomic E-state index is 6.23. The lowest BCUT2D eigenvalue weighted by atomic mass is 9.92. The van der Waals surface area contributed by atoms with E-state index in [0.717, 1.165) is 55.0 Å². The Hall–Kier alpha value is -2.87. The van der Waals surface area contributed by atoms with Gasteiger partial charge in [-0.3, -0.25) is 0 Å². The van der Waals surface area contributed by atoms with Gasteiger partial charge in [0.05, 0.1) is 0 Å². The first kappa shape index (κ1) is 18.5. The maximum atomic E-state index is 6.23. The average molecular weight is 381 g/mol. The molecule has 4 rings (SSSR count). The molecule has 0 saturated heterocycles. The van der Waals surface area contributed by atoms with E-state index in [1.807, 2.05) is 24.3 Å². The van der Waals surface area contributed by atoms with Crippen molar-refractivity contribution in [3.63, 3.8) is 0 Å². The van der Waals surface area contributed by atoms with E-state index in [2.05, 4.69) is 21.8 Å². The van der Waals surface area contributed by atoms with Gasteiger partial charge < -0.3 is 27.1 Å². The molecule has 0 spiro atoms. The van der Waals surface area contributed by atoms with Gasteiger partial charge in [0.25, 0.3) is 0 Å². The third-order valence-corrected chi connectivity index (χ3v) is 5.53. The second kappa shape index (κ2) is 7.63. The molecule has 0 aliphatic heterocycles. The van der Waals surface area contributed by atoms with Crippen molar-refractivity contribution in [2.45, 2.75) is 57.7 Å². The van der Waals surface area contributed by atoms with E-state index in [9.17, 15) is 0 Å². The summed E-state index contributed by atoms with van der Waals surface area (Å²) in [4.78, 5) is 13.9. The first-order chi connectivity index (χ1) is 13.5. The number of nitrogens with two attached hydrogens (primary N) is 3. The highest BCUT2D eigenvalue weighted by Gasteiger charge is 2.21. The number of para-hydroxylation sites is 1. The maximum Gasteiger partial charge on any atom is 0.226 e. The number of rotatable bonds is 5. The zero-order valence-electron chi connectivity index (χ0n) is 16.2. The van der Waals surface area contributed by atoms with E-state index in [0.29, 0.717) is 35.8 Å². The molecule has 8 heteroatoms. The first-order valence-electron chi connectivity index (χ1n) is 9.93. The molecule has 0 atom stereocenters. The summed E-state index contributed by atoms with van der Waals surface area (Å²) >= 11 is 0. The minimum Gasteiger partial charge on any atom is -0.398 e. The van der Waals surface area contributed by atoms with Gasteiger partial charge in [0.1, 0.15) is 5.82 Å². The fourth-order valence-electron chi connectivity index (χ4n) is 3.91. The molecule has 28 heavy (non-hydrogen) atoms. The van der Waals surface area contributed by atoms with Crippen molar-refractivity contribution in [2.75, 3.05) is 16.8 Å². The van der Waals surface area contributed by atoms with Crippen molar-refractivity contribution in [3.8, 4) is 0 Å². The number of aryl methyl sites for hydroxylation is 1. The molecule has 7 N–H and O–H groups in total. The van der Waals surface area contributed by atoms with Crippen LogP contribution >= 0.6 is 0 Å². The van der Waals surface area contributed by atoms with Crippen LogP contribution in [0.5, 0.6) is 0 Å². The Morgan fingerprint density at radius 3 is 2.54 bits per heavy atom. The first-order valence-corrected chi connectivity index (χ1v) is 9.93. The van der Waals surface area contributed by atoms with E-state index in [4.69, 9.17) is 27.2 Å². The fraction of sp³-hybridized carbons (Fsp3) is 0.450. The highest BCUT2D eigenvalue weighted by molar-refractivity contribution is 5.83. The summed E-state index contributed by atoms with van der Waals surface area (Å²) in [7, 11) is 0.